The van der Waals surface area contributed by atoms with E-state index in [9.17, 15) is 14.0 Å². The Morgan fingerprint density at radius 2 is 2.06 bits per heavy atom. The summed E-state index contributed by atoms with van der Waals surface area (Å²) in [4.78, 5) is 34.3. The van der Waals surface area contributed by atoms with Crippen molar-refractivity contribution in [3.8, 4) is 5.82 Å². The Labute approximate surface area is 199 Å². The van der Waals surface area contributed by atoms with Crippen molar-refractivity contribution in [3.63, 3.8) is 0 Å². The molecule has 0 bridgehead atoms. The number of aromatic nitrogens is 5. The number of imidazole rings is 1. The minimum atomic E-state index is -0.625. The van der Waals surface area contributed by atoms with Crippen LogP contribution in [0.5, 0.6) is 0 Å². The molecule has 12 heteroatoms. The number of fused-ring (bicyclic) bond motifs is 1. The topological polar surface area (TPSA) is 127 Å². The van der Waals surface area contributed by atoms with Crippen molar-refractivity contribution < 1.29 is 13.9 Å². The maximum Gasteiger partial charge on any atom is 0.280 e. The zero-order valence-corrected chi connectivity index (χ0v) is 19.0. The van der Waals surface area contributed by atoms with Gasteiger partial charge in [0.25, 0.3) is 11.5 Å². The third-order valence-electron chi connectivity index (χ3n) is 5.98. The first-order valence-corrected chi connectivity index (χ1v) is 11.0. The standard InChI is InChI=1S/C23H23FN8O3/c1-25-16-11-19(28-15-6-4-10-31(23(15)34)20-13(24)5-3-9-26-20)30-32-17(12-27-21(16)32)22(33)29-14-7-8-18(14)35-2/h3-6,9-12,14,18,25H,7-8H2,1-2H3,(H,28,30)(H,29,33)/t14-,18-/m0/s1. The van der Waals surface area contributed by atoms with Crippen LogP contribution >= 0.6 is 0 Å². The second kappa shape index (κ2) is 9.14. The van der Waals surface area contributed by atoms with E-state index in [-0.39, 0.29) is 41.1 Å². The third-order valence-corrected chi connectivity index (χ3v) is 5.98. The fraction of sp³-hybridized carbons (Fsp3) is 0.261. The predicted molar refractivity (Wildman–Crippen MR) is 127 cm³/mol. The van der Waals surface area contributed by atoms with E-state index >= 15 is 0 Å². The minimum Gasteiger partial charge on any atom is -0.385 e. The Bertz CT molecular complexity index is 1460. The Morgan fingerprint density at radius 1 is 1.20 bits per heavy atom. The van der Waals surface area contributed by atoms with Gasteiger partial charge in [0, 0.05) is 32.6 Å². The Kier molecular flexibility index (Phi) is 5.87. The number of nitrogens with one attached hydrogen (secondary N) is 3. The summed E-state index contributed by atoms with van der Waals surface area (Å²) >= 11 is 0. The number of rotatable bonds is 7. The van der Waals surface area contributed by atoms with Crippen molar-refractivity contribution in [2.45, 2.75) is 25.0 Å². The van der Waals surface area contributed by atoms with Crippen LogP contribution in [0.2, 0.25) is 0 Å². The van der Waals surface area contributed by atoms with Crippen molar-refractivity contribution in [3.05, 3.63) is 70.8 Å². The van der Waals surface area contributed by atoms with Gasteiger partial charge in [-0.2, -0.15) is 0 Å². The van der Waals surface area contributed by atoms with Gasteiger partial charge in [-0.25, -0.2) is 18.9 Å². The largest absolute Gasteiger partial charge is 0.385 e. The predicted octanol–water partition coefficient (Wildman–Crippen LogP) is 2.11. The highest BCUT2D eigenvalue weighted by molar-refractivity contribution is 5.94. The number of methoxy groups -OCH3 is 1. The number of carbonyl (C=O) groups excluding carboxylic acids is 1. The summed E-state index contributed by atoms with van der Waals surface area (Å²) in [6.45, 7) is 0. The van der Waals surface area contributed by atoms with E-state index in [2.05, 4.69) is 31.0 Å². The molecule has 5 rings (SSSR count). The molecule has 0 radical (unpaired) electrons. The molecule has 1 aliphatic carbocycles. The van der Waals surface area contributed by atoms with Gasteiger partial charge >= 0.3 is 0 Å². The molecule has 35 heavy (non-hydrogen) atoms. The van der Waals surface area contributed by atoms with Crippen LogP contribution in [0.4, 0.5) is 21.6 Å². The van der Waals surface area contributed by atoms with Crippen LogP contribution in [-0.4, -0.2) is 56.4 Å². The molecule has 4 heterocycles. The van der Waals surface area contributed by atoms with E-state index in [0.29, 0.717) is 11.3 Å². The maximum atomic E-state index is 14.2. The monoisotopic (exact) mass is 478 g/mol. The lowest BCUT2D eigenvalue weighted by Gasteiger charge is -2.35. The first kappa shape index (κ1) is 22.5. The third kappa shape index (κ3) is 4.08. The number of carbonyl (C=O) groups is 1. The van der Waals surface area contributed by atoms with E-state index in [0.717, 1.165) is 17.4 Å². The minimum absolute atomic E-state index is 0.0135. The maximum absolute atomic E-state index is 14.2. The summed E-state index contributed by atoms with van der Waals surface area (Å²) in [5.74, 6) is -0.785. The Hall–Kier alpha value is -4.32. The van der Waals surface area contributed by atoms with Crippen LogP contribution in [0.25, 0.3) is 11.5 Å². The number of hydrogen-bond donors (Lipinski definition) is 3. The summed E-state index contributed by atoms with van der Waals surface area (Å²) < 4.78 is 22.1. The molecule has 1 amide bonds. The van der Waals surface area contributed by atoms with Crippen LogP contribution < -0.4 is 21.5 Å². The van der Waals surface area contributed by atoms with Gasteiger partial charge in [-0.1, -0.05) is 0 Å². The first-order valence-electron chi connectivity index (χ1n) is 11.0. The van der Waals surface area contributed by atoms with Gasteiger partial charge < -0.3 is 20.7 Å². The number of ether oxygens (including phenoxy) is 1. The summed E-state index contributed by atoms with van der Waals surface area (Å²) in [6.07, 6.45) is 5.99. The second-order valence-electron chi connectivity index (χ2n) is 8.03. The Balaban J connectivity index is 1.49. The molecule has 0 saturated heterocycles. The molecule has 4 aromatic heterocycles. The molecule has 180 valence electrons. The lowest BCUT2D eigenvalue weighted by molar-refractivity contribution is 0.00718. The highest BCUT2D eigenvalue weighted by Crippen LogP contribution is 2.24. The Morgan fingerprint density at radius 3 is 2.77 bits per heavy atom. The van der Waals surface area contributed by atoms with Crippen LogP contribution in [-0.2, 0) is 4.74 Å². The molecule has 11 nitrogen and oxygen atoms in total. The normalized spacial score (nSPS) is 17.1. The fourth-order valence-electron chi connectivity index (χ4n) is 3.98. The fourth-order valence-corrected chi connectivity index (χ4v) is 3.98. The lowest BCUT2D eigenvalue weighted by atomic mass is 9.89. The van der Waals surface area contributed by atoms with Gasteiger partial charge in [-0.3, -0.25) is 14.2 Å². The number of amides is 1. The van der Waals surface area contributed by atoms with Crippen LogP contribution in [0, 0.1) is 5.82 Å². The van der Waals surface area contributed by atoms with Crippen molar-refractivity contribution in [2.75, 3.05) is 24.8 Å². The average Bonchev–Trinajstić information content (AvgIpc) is 3.27. The molecule has 2 atom stereocenters. The van der Waals surface area contributed by atoms with E-state index in [1.54, 1.807) is 32.4 Å². The molecule has 4 aromatic rings. The smallest absolute Gasteiger partial charge is 0.280 e. The SMILES string of the molecule is CNc1cc(Nc2cccn(-c3ncccc3F)c2=O)nn2c(C(=O)N[C@H]3CC[C@@H]3OC)cnc12. The van der Waals surface area contributed by atoms with Crippen molar-refractivity contribution >= 4 is 28.7 Å². The van der Waals surface area contributed by atoms with Gasteiger partial charge in [0.05, 0.1) is 24.0 Å². The number of halogens is 1. The molecular weight excluding hydrogens is 455 g/mol. The van der Waals surface area contributed by atoms with Crippen molar-refractivity contribution in [1.82, 2.24) is 29.5 Å². The summed E-state index contributed by atoms with van der Waals surface area (Å²) in [5, 5.41) is 13.4. The zero-order chi connectivity index (χ0) is 24.5. The molecule has 0 unspecified atom stereocenters. The van der Waals surface area contributed by atoms with E-state index < -0.39 is 11.4 Å². The molecular formula is C23H23FN8O3. The molecule has 1 aliphatic rings. The zero-order valence-electron chi connectivity index (χ0n) is 19.0. The van der Waals surface area contributed by atoms with Gasteiger partial charge in [-0.15, -0.1) is 5.10 Å². The average molecular weight is 478 g/mol. The number of anilines is 3. The number of hydrogen-bond acceptors (Lipinski definition) is 8. The molecule has 0 aliphatic heterocycles. The van der Waals surface area contributed by atoms with E-state index in [4.69, 9.17) is 4.74 Å². The quantitative estimate of drug-likeness (QED) is 0.369. The second-order valence-corrected chi connectivity index (χ2v) is 8.03. The highest BCUT2D eigenvalue weighted by atomic mass is 19.1. The molecule has 1 saturated carbocycles. The van der Waals surface area contributed by atoms with Gasteiger partial charge in [0.1, 0.15) is 5.69 Å². The van der Waals surface area contributed by atoms with Crippen LogP contribution in [0.1, 0.15) is 23.3 Å². The molecule has 3 N–H and O–H groups in total. The summed E-state index contributed by atoms with van der Waals surface area (Å²) in [5.41, 5.74) is 0.906. The molecule has 0 aromatic carbocycles. The number of nitrogens with zero attached hydrogens (tertiary/aromatic N) is 5. The lowest BCUT2D eigenvalue weighted by Crippen LogP contribution is -2.51. The van der Waals surface area contributed by atoms with E-state index in [1.165, 1.54) is 35.2 Å². The highest BCUT2D eigenvalue weighted by Gasteiger charge is 2.33. The number of pyridine rings is 2. The molecule has 0 spiro atoms. The van der Waals surface area contributed by atoms with Crippen molar-refractivity contribution in [2.24, 2.45) is 0 Å². The van der Waals surface area contributed by atoms with Gasteiger partial charge in [0.2, 0.25) is 0 Å². The van der Waals surface area contributed by atoms with E-state index in [1.807, 2.05) is 0 Å². The van der Waals surface area contributed by atoms with Crippen LogP contribution in [0.15, 0.2) is 53.7 Å². The summed E-state index contributed by atoms with van der Waals surface area (Å²) in [7, 11) is 3.33. The van der Waals surface area contributed by atoms with Crippen LogP contribution in [0.3, 0.4) is 0 Å². The molecule has 1 fully saturated rings. The summed E-state index contributed by atoms with van der Waals surface area (Å²) in [6, 6.07) is 7.41. The van der Waals surface area contributed by atoms with Crippen molar-refractivity contribution in [1.29, 1.82) is 0 Å². The first-order chi connectivity index (χ1) is 17.0. The van der Waals surface area contributed by atoms with Gasteiger partial charge in [-0.05, 0) is 37.1 Å². The van der Waals surface area contributed by atoms with Gasteiger partial charge in [0.15, 0.2) is 28.8 Å².